The normalized spacial score (nSPS) is 15.2. The van der Waals surface area contributed by atoms with Crippen molar-refractivity contribution in [1.29, 1.82) is 0 Å². The second kappa shape index (κ2) is 13.5. The first kappa shape index (κ1) is 29.1. The number of amidine groups is 1. The molecular weight excluding hydrogens is 602 g/mol. The summed E-state index contributed by atoms with van der Waals surface area (Å²) >= 11 is 13.3. The fourth-order valence-electron chi connectivity index (χ4n) is 3.75. The van der Waals surface area contributed by atoms with Crippen LogP contribution in [-0.4, -0.2) is 34.7 Å². The number of carbonyl (C=O) groups excluding carboxylic acids is 2. The van der Waals surface area contributed by atoms with Crippen molar-refractivity contribution in [2.24, 2.45) is 10.2 Å². The van der Waals surface area contributed by atoms with Crippen LogP contribution in [0, 0.1) is 5.82 Å². The minimum absolute atomic E-state index is 0.130. The fraction of sp³-hybridized carbons (Fsp3) is 0.0667. The van der Waals surface area contributed by atoms with Crippen LogP contribution in [0.2, 0.25) is 10.0 Å². The molecule has 0 aliphatic carbocycles. The first-order chi connectivity index (χ1) is 20.3. The van der Waals surface area contributed by atoms with E-state index < -0.39 is 0 Å². The van der Waals surface area contributed by atoms with E-state index in [1.165, 1.54) is 29.5 Å². The molecule has 0 unspecified atom stereocenters. The van der Waals surface area contributed by atoms with Gasteiger partial charge in [-0.1, -0.05) is 35.3 Å². The van der Waals surface area contributed by atoms with Gasteiger partial charge in [0.25, 0.3) is 11.8 Å². The van der Waals surface area contributed by atoms with E-state index in [1.807, 2.05) is 0 Å². The van der Waals surface area contributed by atoms with Gasteiger partial charge in [-0.15, -0.1) is 5.10 Å². The maximum absolute atomic E-state index is 13.5. The number of benzene rings is 3. The summed E-state index contributed by atoms with van der Waals surface area (Å²) in [5.74, 6) is -0.169. The number of hydrogen-bond acceptors (Lipinski definition) is 7. The number of ether oxygens (including phenoxy) is 1. The number of thioether (sulfide) groups is 1. The third-order valence-electron chi connectivity index (χ3n) is 5.75. The van der Waals surface area contributed by atoms with Crippen LogP contribution >= 0.6 is 35.0 Å². The Morgan fingerprint density at radius 1 is 1.05 bits per heavy atom. The van der Waals surface area contributed by atoms with E-state index in [2.05, 4.69) is 15.5 Å². The van der Waals surface area contributed by atoms with Crippen LogP contribution < -0.4 is 10.1 Å². The predicted molar refractivity (Wildman–Crippen MR) is 163 cm³/mol. The molecule has 0 saturated carbocycles. The molecule has 1 saturated heterocycles. The van der Waals surface area contributed by atoms with Gasteiger partial charge in [0, 0.05) is 21.3 Å². The van der Waals surface area contributed by atoms with Gasteiger partial charge in [0.1, 0.15) is 17.3 Å². The molecule has 3 aromatic carbocycles. The van der Waals surface area contributed by atoms with E-state index in [9.17, 15) is 14.0 Å². The lowest BCUT2D eigenvalue weighted by atomic mass is 10.2. The zero-order chi connectivity index (χ0) is 29.5. The van der Waals surface area contributed by atoms with Gasteiger partial charge in [-0.25, -0.2) is 4.39 Å². The molecule has 4 aromatic rings. The Bertz CT molecular complexity index is 1670. The molecule has 8 nitrogen and oxygen atoms in total. The van der Waals surface area contributed by atoms with Crippen molar-refractivity contribution in [2.45, 2.75) is 6.54 Å². The summed E-state index contributed by atoms with van der Waals surface area (Å²) in [5, 5.41) is 12.4. The van der Waals surface area contributed by atoms with Crippen LogP contribution in [0.1, 0.15) is 16.9 Å². The van der Waals surface area contributed by atoms with Gasteiger partial charge in [-0.05, 0) is 90.1 Å². The summed E-state index contributed by atoms with van der Waals surface area (Å²) in [6.45, 7) is -0.151. The molecule has 0 bridgehead atoms. The van der Waals surface area contributed by atoms with Gasteiger partial charge in [-0.2, -0.15) is 5.10 Å². The quantitative estimate of drug-likeness (QED) is 0.120. The number of nitrogens with one attached hydrogen (secondary N) is 1. The van der Waals surface area contributed by atoms with Crippen molar-refractivity contribution in [1.82, 2.24) is 4.90 Å². The average Bonchev–Trinajstić information content (AvgIpc) is 3.59. The van der Waals surface area contributed by atoms with E-state index >= 15 is 0 Å². The number of amides is 2. The van der Waals surface area contributed by atoms with E-state index in [0.29, 0.717) is 48.4 Å². The maximum atomic E-state index is 13.5. The number of rotatable bonds is 9. The van der Waals surface area contributed by atoms with Gasteiger partial charge < -0.3 is 14.5 Å². The summed E-state index contributed by atoms with van der Waals surface area (Å²) < 4.78 is 24.4. The molecule has 1 fully saturated rings. The second-order valence-electron chi connectivity index (χ2n) is 8.79. The lowest BCUT2D eigenvalue weighted by Gasteiger charge is -2.13. The summed E-state index contributed by atoms with van der Waals surface area (Å²) in [5.41, 5.74) is 1.71. The SMILES string of the molecule is O=C(COc1ccc(Cl)cc1/C=C1\S/C(=N\N=C\c2ccc(F)cc2)N(Cc2ccco2)C1=O)Nc1ccc(Cl)cc1. The standard InChI is InChI=1S/C30H21Cl2FN4O4S/c31-21-5-10-24(11-6-21)35-28(38)18-41-26-12-7-22(32)14-20(26)15-27-29(39)37(17-25-2-1-13-40-25)30(42-27)36-34-16-19-3-8-23(33)9-4-19/h1-16H,17-18H2,(H,35,38)/b27-15-,34-16+,36-30-. The fourth-order valence-corrected chi connectivity index (χ4v) is 4.98. The summed E-state index contributed by atoms with van der Waals surface area (Å²) in [6, 6.07) is 20.8. The summed E-state index contributed by atoms with van der Waals surface area (Å²) in [6.07, 6.45) is 4.59. The van der Waals surface area contributed by atoms with Crippen molar-refractivity contribution in [3.8, 4) is 5.75 Å². The molecule has 1 aliphatic heterocycles. The Hall–Kier alpha value is -4.38. The van der Waals surface area contributed by atoms with Crippen molar-refractivity contribution < 1.29 is 23.1 Å². The lowest BCUT2D eigenvalue weighted by Crippen LogP contribution is -2.28. The van der Waals surface area contributed by atoms with Gasteiger partial charge in [0.15, 0.2) is 11.8 Å². The van der Waals surface area contributed by atoms with E-state index in [4.69, 9.17) is 32.4 Å². The molecule has 1 N–H and O–H groups in total. The first-order valence-corrected chi connectivity index (χ1v) is 14.0. The molecular formula is C30H21Cl2FN4O4S. The van der Waals surface area contributed by atoms with E-state index in [-0.39, 0.29) is 30.8 Å². The minimum Gasteiger partial charge on any atom is -0.483 e. The molecule has 212 valence electrons. The molecule has 0 radical (unpaired) electrons. The topological polar surface area (TPSA) is 96.5 Å². The summed E-state index contributed by atoms with van der Waals surface area (Å²) in [4.78, 5) is 27.7. The molecule has 1 aliphatic rings. The molecule has 0 atom stereocenters. The van der Waals surface area contributed by atoms with Crippen LogP contribution in [0.15, 0.2) is 105 Å². The number of furan rings is 1. The molecule has 2 heterocycles. The van der Waals surface area contributed by atoms with Crippen molar-refractivity contribution in [3.05, 3.63) is 123 Å². The van der Waals surface area contributed by atoms with E-state index in [1.54, 1.807) is 72.8 Å². The number of nitrogens with zero attached hydrogens (tertiary/aromatic N) is 3. The smallest absolute Gasteiger partial charge is 0.267 e. The third kappa shape index (κ3) is 7.67. The zero-order valence-corrected chi connectivity index (χ0v) is 24.0. The zero-order valence-electron chi connectivity index (χ0n) is 21.7. The Morgan fingerprint density at radius 3 is 2.55 bits per heavy atom. The highest BCUT2D eigenvalue weighted by atomic mass is 35.5. The van der Waals surface area contributed by atoms with Gasteiger partial charge in [0.05, 0.1) is 23.9 Å². The maximum Gasteiger partial charge on any atom is 0.267 e. The Kier molecular flexibility index (Phi) is 9.38. The highest BCUT2D eigenvalue weighted by molar-refractivity contribution is 8.18. The molecule has 2 amide bonds. The second-order valence-corrected chi connectivity index (χ2v) is 10.7. The molecule has 12 heteroatoms. The Labute approximate surface area is 254 Å². The van der Waals surface area contributed by atoms with Crippen molar-refractivity contribution >= 4 is 69.9 Å². The molecule has 5 rings (SSSR count). The number of anilines is 1. The molecule has 0 spiro atoms. The predicted octanol–water partition coefficient (Wildman–Crippen LogP) is 7.25. The van der Waals surface area contributed by atoms with Crippen LogP contribution in [0.3, 0.4) is 0 Å². The van der Waals surface area contributed by atoms with E-state index in [0.717, 1.165) is 11.8 Å². The largest absolute Gasteiger partial charge is 0.483 e. The summed E-state index contributed by atoms with van der Waals surface area (Å²) in [7, 11) is 0. The molecule has 42 heavy (non-hydrogen) atoms. The van der Waals surface area contributed by atoms with Gasteiger partial charge in [0.2, 0.25) is 0 Å². The van der Waals surface area contributed by atoms with Crippen molar-refractivity contribution in [3.63, 3.8) is 0 Å². The van der Waals surface area contributed by atoms with Crippen LogP contribution in [-0.2, 0) is 16.1 Å². The third-order valence-corrected chi connectivity index (χ3v) is 7.23. The lowest BCUT2D eigenvalue weighted by molar-refractivity contribution is -0.122. The van der Waals surface area contributed by atoms with Crippen LogP contribution in [0.25, 0.3) is 6.08 Å². The number of carbonyl (C=O) groups is 2. The highest BCUT2D eigenvalue weighted by Gasteiger charge is 2.34. The van der Waals surface area contributed by atoms with Gasteiger partial charge >= 0.3 is 0 Å². The monoisotopic (exact) mass is 622 g/mol. The van der Waals surface area contributed by atoms with Crippen LogP contribution in [0.5, 0.6) is 5.75 Å². The highest BCUT2D eigenvalue weighted by Crippen LogP contribution is 2.36. The average molecular weight is 623 g/mol. The number of hydrogen-bond donors (Lipinski definition) is 1. The number of halogens is 3. The van der Waals surface area contributed by atoms with Gasteiger partial charge in [-0.3, -0.25) is 14.5 Å². The van der Waals surface area contributed by atoms with Crippen molar-refractivity contribution in [2.75, 3.05) is 11.9 Å². The Balaban J connectivity index is 1.36. The minimum atomic E-state index is -0.379. The first-order valence-electron chi connectivity index (χ1n) is 12.4. The molecule has 1 aromatic heterocycles. The Morgan fingerprint density at radius 2 is 1.81 bits per heavy atom. The van der Waals surface area contributed by atoms with Crippen LogP contribution in [0.4, 0.5) is 10.1 Å².